The van der Waals surface area contributed by atoms with Crippen molar-refractivity contribution in [1.29, 1.82) is 0 Å². The van der Waals surface area contributed by atoms with Crippen LogP contribution < -0.4 is 10.1 Å². The molecule has 0 spiro atoms. The van der Waals surface area contributed by atoms with Crippen molar-refractivity contribution in [2.45, 2.75) is 6.42 Å². The monoisotopic (exact) mass is 316 g/mol. The first-order chi connectivity index (χ1) is 9.54. The number of carbonyl (C=O) groups is 2. The van der Waals surface area contributed by atoms with Crippen LogP contribution in [-0.4, -0.2) is 43.5 Å². The molecular weight excluding hydrogens is 303 g/mol. The van der Waals surface area contributed by atoms with Gasteiger partial charge in [0.2, 0.25) is 5.91 Å². The molecule has 0 atom stereocenters. The third-order valence-electron chi connectivity index (χ3n) is 3.03. The van der Waals surface area contributed by atoms with Crippen molar-refractivity contribution in [1.82, 2.24) is 10.2 Å². The van der Waals surface area contributed by atoms with Crippen molar-refractivity contribution in [2.24, 2.45) is 0 Å². The number of benzene rings is 1. The Morgan fingerprint density at radius 2 is 2.05 bits per heavy atom. The predicted molar refractivity (Wildman–Crippen MR) is 76.5 cm³/mol. The zero-order chi connectivity index (χ0) is 14.7. The lowest BCUT2D eigenvalue weighted by molar-refractivity contribution is -0.121. The standard InChI is InChI=1S/C13H14Cl2N2O3/c1-20-12-9(15)4-3-8(14)11(12)13(19)17-6-2-5-16-10(18)7-17/h3-4H,2,5-7H2,1H3,(H,16,18). The summed E-state index contributed by atoms with van der Waals surface area (Å²) in [6, 6.07) is 3.10. The van der Waals surface area contributed by atoms with Crippen LogP contribution in [-0.2, 0) is 4.79 Å². The van der Waals surface area contributed by atoms with E-state index in [4.69, 9.17) is 27.9 Å². The third-order valence-corrected chi connectivity index (χ3v) is 3.64. The second-order valence-electron chi connectivity index (χ2n) is 4.37. The van der Waals surface area contributed by atoms with Gasteiger partial charge in [-0.3, -0.25) is 9.59 Å². The van der Waals surface area contributed by atoms with Gasteiger partial charge in [0.15, 0.2) is 5.75 Å². The molecule has 1 aromatic rings. The van der Waals surface area contributed by atoms with Crippen LogP contribution in [0.3, 0.4) is 0 Å². The van der Waals surface area contributed by atoms with E-state index in [-0.39, 0.29) is 34.7 Å². The van der Waals surface area contributed by atoms with E-state index in [1.165, 1.54) is 18.1 Å². The highest BCUT2D eigenvalue weighted by molar-refractivity contribution is 6.37. The molecule has 2 rings (SSSR count). The molecule has 0 radical (unpaired) electrons. The van der Waals surface area contributed by atoms with Gasteiger partial charge in [-0.25, -0.2) is 0 Å². The highest BCUT2D eigenvalue weighted by Crippen LogP contribution is 2.34. The van der Waals surface area contributed by atoms with Crippen LogP contribution in [0.2, 0.25) is 10.0 Å². The van der Waals surface area contributed by atoms with Crippen LogP contribution in [0.25, 0.3) is 0 Å². The van der Waals surface area contributed by atoms with Crippen molar-refractivity contribution in [3.8, 4) is 5.75 Å². The van der Waals surface area contributed by atoms with E-state index in [0.29, 0.717) is 24.5 Å². The molecule has 1 saturated heterocycles. The van der Waals surface area contributed by atoms with Crippen molar-refractivity contribution >= 4 is 35.0 Å². The Labute approximate surface area is 126 Å². The number of hydrogen-bond acceptors (Lipinski definition) is 3. The lowest BCUT2D eigenvalue weighted by Gasteiger charge is -2.21. The minimum atomic E-state index is -0.355. The Balaban J connectivity index is 2.37. The predicted octanol–water partition coefficient (Wildman–Crippen LogP) is 1.96. The average molecular weight is 317 g/mol. The Bertz CT molecular complexity index is 549. The lowest BCUT2D eigenvalue weighted by atomic mass is 10.1. The van der Waals surface area contributed by atoms with E-state index in [1.807, 2.05) is 0 Å². The van der Waals surface area contributed by atoms with E-state index >= 15 is 0 Å². The van der Waals surface area contributed by atoms with Crippen molar-refractivity contribution < 1.29 is 14.3 Å². The molecule has 108 valence electrons. The Hall–Kier alpha value is -1.46. The van der Waals surface area contributed by atoms with Crippen LogP contribution in [0.1, 0.15) is 16.8 Å². The molecule has 0 bridgehead atoms. The minimum absolute atomic E-state index is 0.00479. The lowest BCUT2D eigenvalue weighted by Crippen LogP contribution is -2.37. The molecule has 2 amide bonds. The van der Waals surface area contributed by atoms with Crippen LogP contribution in [0.15, 0.2) is 12.1 Å². The molecule has 1 aliphatic rings. The van der Waals surface area contributed by atoms with Gasteiger partial charge in [-0.2, -0.15) is 0 Å². The zero-order valence-electron chi connectivity index (χ0n) is 10.9. The van der Waals surface area contributed by atoms with Crippen molar-refractivity contribution in [2.75, 3.05) is 26.7 Å². The SMILES string of the molecule is COc1c(Cl)ccc(Cl)c1C(=O)N1CCCNC(=O)C1. The summed E-state index contributed by atoms with van der Waals surface area (Å²) in [6.07, 6.45) is 0.692. The molecule has 7 heteroatoms. The summed E-state index contributed by atoms with van der Waals surface area (Å²) in [4.78, 5) is 25.6. The number of carbonyl (C=O) groups excluding carboxylic acids is 2. The summed E-state index contributed by atoms with van der Waals surface area (Å²) in [7, 11) is 1.42. The molecule has 1 heterocycles. The van der Waals surface area contributed by atoms with Gasteiger partial charge in [0.05, 0.1) is 23.7 Å². The Kier molecular flexibility index (Phi) is 4.73. The minimum Gasteiger partial charge on any atom is -0.494 e. The number of hydrogen-bond donors (Lipinski definition) is 1. The van der Waals surface area contributed by atoms with E-state index < -0.39 is 0 Å². The smallest absolute Gasteiger partial charge is 0.259 e. The first-order valence-electron chi connectivity index (χ1n) is 6.12. The molecular formula is C13H14Cl2N2O3. The number of amides is 2. The number of nitrogens with one attached hydrogen (secondary N) is 1. The molecule has 1 aromatic carbocycles. The molecule has 5 nitrogen and oxygen atoms in total. The highest BCUT2D eigenvalue weighted by Gasteiger charge is 2.26. The fraction of sp³-hybridized carbons (Fsp3) is 0.385. The maximum atomic E-state index is 12.6. The second kappa shape index (κ2) is 6.33. The van der Waals surface area contributed by atoms with Gasteiger partial charge in [-0.1, -0.05) is 23.2 Å². The zero-order valence-corrected chi connectivity index (χ0v) is 12.4. The number of halogens is 2. The van der Waals surface area contributed by atoms with E-state index in [1.54, 1.807) is 6.07 Å². The van der Waals surface area contributed by atoms with Gasteiger partial charge in [0, 0.05) is 13.1 Å². The summed E-state index contributed by atoms with van der Waals surface area (Å²) in [5.41, 5.74) is 0.191. The normalized spacial score (nSPS) is 15.6. The molecule has 0 aromatic heterocycles. The number of methoxy groups -OCH3 is 1. The van der Waals surface area contributed by atoms with Gasteiger partial charge < -0.3 is 15.0 Å². The van der Waals surface area contributed by atoms with Crippen LogP contribution in [0.4, 0.5) is 0 Å². The summed E-state index contributed by atoms with van der Waals surface area (Å²) in [5, 5.41) is 3.27. The van der Waals surface area contributed by atoms with Crippen molar-refractivity contribution in [3.63, 3.8) is 0 Å². The average Bonchev–Trinajstić information content (AvgIpc) is 2.65. The van der Waals surface area contributed by atoms with Gasteiger partial charge in [0.1, 0.15) is 5.56 Å². The molecule has 0 aliphatic carbocycles. The maximum absolute atomic E-state index is 12.6. The van der Waals surface area contributed by atoms with Crippen LogP contribution in [0, 0.1) is 0 Å². The topological polar surface area (TPSA) is 58.6 Å². The largest absolute Gasteiger partial charge is 0.494 e. The van der Waals surface area contributed by atoms with E-state index in [9.17, 15) is 9.59 Å². The van der Waals surface area contributed by atoms with Gasteiger partial charge in [0.25, 0.3) is 5.91 Å². The Morgan fingerprint density at radius 3 is 2.75 bits per heavy atom. The quantitative estimate of drug-likeness (QED) is 0.907. The van der Waals surface area contributed by atoms with Crippen molar-refractivity contribution in [3.05, 3.63) is 27.7 Å². The van der Waals surface area contributed by atoms with E-state index in [2.05, 4.69) is 5.32 Å². The number of ether oxygens (including phenoxy) is 1. The van der Waals surface area contributed by atoms with Gasteiger partial charge in [-0.05, 0) is 18.6 Å². The van der Waals surface area contributed by atoms with Crippen LogP contribution in [0.5, 0.6) is 5.75 Å². The summed E-state index contributed by atoms with van der Waals surface area (Å²) < 4.78 is 5.16. The molecule has 0 saturated carbocycles. The second-order valence-corrected chi connectivity index (χ2v) is 5.18. The fourth-order valence-corrected chi connectivity index (χ4v) is 2.53. The van der Waals surface area contributed by atoms with Gasteiger partial charge in [-0.15, -0.1) is 0 Å². The molecule has 20 heavy (non-hydrogen) atoms. The maximum Gasteiger partial charge on any atom is 0.259 e. The van der Waals surface area contributed by atoms with E-state index in [0.717, 1.165) is 0 Å². The highest BCUT2D eigenvalue weighted by atomic mass is 35.5. The number of nitrogens with zero attached hydrogens (tertiary/aromatic N) is 1. The first-order valence-corrected chi connectivity index (χ1v) is 6.88. The third kappa shape index (κ3) is 2.99. The fourth-order valence-electron chi connectivity index (χ4n) is 2.07. The summed E-state index contributed by atoms with van der Waals surface area (Å²) in [6.45, 7) is 1.04. The molecule has 1 fully saturated rings. The summed E-state index contributed by atoms with van der Waals surface area (Å²) in [5.74, 6) is -0.312. The Morgan fingerprint density at radius 1 is 1.35 bits per heavy atom. The first kappa shape index (κ1) is 14.9. The van der Waals surface area contributed by atoms with Gasteiger partial charge >= 0.3 is 0 Å². The molecule has 1 aliphatic heterocycles. The number of rotatable bonds is 2. The van der Waals surface area contributed by atoms with Crippen LogP contribution >= 0.6 is 23.2 Å². The molecule has 0 unspecified atom stereocenters. The molecule has 1 N–H and O–H groups in total. The summed E-state index contributed by atoms with van der Waals surface area (Å²) >= 11 is 12.1.